The van der Waals surface area contributed by atoms with Crippen molar-refractivity contribution in [3.63, 3.8) is 0 Å². The first-order chi connectivity index (χ1) is 8.61. The predicted octanol–water partition coefficient (Wildman–Crippen LogP) is 1.61. The van der Waals surface area contributed by atoms with Gasteiger partial charge in [-0.2, -0.15) is 0 Å². The van der Waals surface area contributed by atoms with E-state index in [9.17, 15) is 28.1 Å². The summed E-state index contributed by atoms with van der Waals surface area (Å²) in [7, 11) is 0. The van der Waals surface area contributed by atoms with Gasteiger partial charge in [0.2, 0.25) is 5.75 Å². The first-order valence-electron chi connectivity index (χ1n) is 4.57. The lowest BCUT2D eigenvalue weighted by atomic mass is 10.1. The number of halogens is 3. The van der Waals surface area contributed by atoms with Crippen molar-refractivity contribution in [2.45, 2.75) is 12.5 Å². The summed E-state index contributed by atoms with van der Waals surface area (Å²) < 4.78 is 39.6. The maximum atomic E-state index is 12.1. The van der Waals surface area contributed by atoms with Gasteiger partial charge in [0.15, 0.2) is 6.10 Å². The second-order valence-corrected chi connectivity index (χ2v) is 3.27. The number of nitrogens with zero attached hydrogens (tertiary/aromatic N) is 1. The fourth-order valence-corrected chi connectivity index (χ4v) is 1.20. The Bertz CT molecular complexity index is 515. The van der Waals surface area contributed by atoms with Gasteiger partial charge in [0, 0.05) is 6.07 Å². The molecule has 1 aromatic rings. The number of rotatable bonds is 4. The molecule has 0 amide bonds. The first-order valence-corrected chi connectivity index (χ1v) is 4.57. The van der Waals surface area contributed by atoms with Gasteiger partial charge in [0.1, 0.15) is 0 Å². The van der Waals surface area contributed by atoms with E-state index in [4.69, 9.17) is 10.2 Å². The number of nitro groups is 1. The van der Waals surface area contributed by atoms with Gasteiger partial charge in [-0.15, -0.1) is 13.2 Å². The number of aliphatic carboxylic acids is 1. The molecule has 1 unspecified atom stereocenters. The molecule has 0 bridgehead atoms. The van der Waals surface area contributed by atoms with E-state index in [1.54, 1.807) is 0 Å². The zero-order valence-electron chi connectivity index (χ0n) is 8.92. The van der Waals surface area contributed by atoms with Gasteiger partial charge in [0.25, 0.3) is 0 Å². The second-order valence-electron chi connectivity index (χ2n) is 3.27. The molecule has 0 heterocycles. The first kappa shape index (κ1) is 14.7. The van der Waals surface area contributed by atoms with Crippen molar-refractivity contribution in [2.24, 2.45) is 0 Å². The molecular formula is C9H6F3NO6. The van der Waals surface area contributed by atoms with Crippen molar-refractivity contribution >= 4 is 11.7 Å². The van der Waals surface area contributed by atoms with Gasteiger partial charge >= 0.3 is 18.0 Å². The van der Waals surface area contributed by atoms with Crippen LogP contribution in [-0.4, -0.2) is 27.5 Å². The van der Waals surface area contributed by atoms with Gasteiger partial charge in [-0.25, -0.2) is 4.79 Å². The molecule has 1 rings (SSSR count). The Balaban J connectivity index is 3.26. The number of nitro benzene ring substituents is 1. The molecule has 10 heteroatoms. The Morgan fingerprint density at radius 1 is 1.42 bits per heavy atom. The van der Waals surface area contributed by atoms with Crippen LogP contribution in [0.15, 0.2) is 18.2 Å². The van der Waals surface area contributed by atoms with Crippen LogP contribution < -0.4 is 4.74 Å². The van der Waals surface area contributed by atoms with Gasteiger partial charge < -0.3 is 14.9 Å². The molecule has 0 aliphatic rings. The Hall–Kier alpha value is -2.36. The van der Waals surface area contributed by atoms with Crippen LogP contribution in [0.2, 0.25) is 0 Å². The van der Waals surface area contributed by atoms with Crippen LogP contribution in [0.25, 0.3) is 0 Å². The molecular weight excluding hydrogens is 275 g/mol. The number of hydrogen-bond donors (Lipinski definition) is 2. The molecule has 0 aliphatic carbocycles. The fraction of sp³-hybridized carbons (Fsp3) is 0.222. The minimum atomic E-state index is -5.18. The largest absolute Gasteiger partial charge is 0.573 e. The van der Waals surface area contributed by atoms with Crippen LogP contribution >= 0.6 is 0 Å². The van der Waals surface area contributed by atoms with Crippen LogP contribution in [0.1, 0.15) is 11.7 Å². The highest BCUT2D eigenvalue weighted by atomic mass is 19.4. The van der Waals surface area contributed by atoms with Crippen molar-refractivity contribution in [1.82, 2.24) is 0 Å². The maximum Gasteiger partial charge on any atom is 0.573 e. The van der Waals surface area contributed by atoms with Crippen LogP contribution in [-0.2, 0) is 4.79 Å². The lowest BCUT2D eigenvalue weighted by Crippen LogP contribution is -2.18. The summed E-state index contributed by atoms with van der Waals surface area (Å²) in [5, 5.41) is 28.1. The van der Waals surface area contributed by atoms with Crippen molar-refractivity contribution in [1.29, 1.82) is 0 Å². The normalized spacial score (nSPS) is 12.8. The summed E-state index contributed by atoms with van der Waals surface area (Å²) in [6.07, 6.45) is -7.30. The van der Waals surface area contributed by atoms with E-state index >= 15 is 0 Å². The number of alkyl halides is 3. The van der Waals surface area contributed by atoms with E-state index in [1.807, 2.05) is 0 Å². The molecule has 2 N–H and O–H groups in total. The molecule has 0 aromatic heterocycles. The Morgan fingerprint density at radius 2 is 2.00 bits per heavy atom. The topological polar surface area (TPSA) is 110 Å². The second kappa shape index (κ2) is 5.10. The van der Waals surface area contributed by atoms with Crippen molar-refractivity contribution < 1.29 is 37.8 Å². The molecule has 19 heavy (non-hydrogen) atoms. The number of carboxylic acid groups (broad SMARTS) is 1. The Kier molecular flexibility index (Phi) is 3.95. The summed E-state index contributed by atoms with van der Waals surface area (Å²) >= 11 is 0. The Morgan fingerprint density at radius 3 is 2.42 bits per heavy atom. The third-order valence-corrected chi connectivity index (χ3v) is 1.96. The number of carboxylic acids is 1. The predicted molar refractivity (Wildman–Crippen MR) is 52.4 cm³/mol. The number of aliphatic hydroxyl groups excluding tert-OH is 1. The average Bonchev–Trinajstić information content (AvgIpc) is 2.25. The summed E-state index contributed by atoms with van der Waals surface area (Å²) in [5.41, 5.74) is -1.48. The van der Waals surface area contributed by atoms with Gasteiger partial charge in [-0.3, -0.25) is 10.1 Å². The number of aliphatic hydroxyl groups is 1. The monoisotopic (exact) mass is 281 g/mol. The third kappa shape index (κ3) is 3.81. The third-order valence-electron chi connectivity index (χ3n) is 1.96. The average molecular weight is 281 g/mol. The molecule has 7 nitrogen and oxygen atoms in total. The van der Waals surface area contributed by atoms with Crippen molar-refractivity contribution in [2.75, 3.05) is 0 Å². The SMILES string of the molecule is O=C(O)C(O)c1ccc([N+](=O)[O-])c(OC(F)(F)F)c1. The number of carbonyl (C=O) groups is 1. The van der Waals surface area contributed by atoms with E-state index in [0.29, 0.717) is 12.1 Å². The fourth-order valence-electron chi connectivity index (χ4n) is 1.20. The zero-order valence-corrected chi connectivity index (χ0v) is 8.92. The highest BCUT2D eigenvalue weighted by Gasteiger charge is 2.35. The summed E-state index contributed by atoms with van der Waals surface area (Å²) in [6, 6.07) is 1.88. The highest BCUT2D eigenvalue weighted by molar-refractivity contribution is 5.74. The minimum absolute atomic E-state index is 0.449. The molecule has 0 saturated heterocycles. The standard InChI is InChI=1S/C9H6F3NO6/c10-9(11,12)19-6-3-4(7(14)8(15)16)1-2-5(6)13(17)18/h1-3,7,14H,(H,15,16). The highest BCUT2D eigenvalue weighted by Crippen LogP contribution is 2.34. The molecule has 1 aromatic carbocycles. The van der Waals surface area contributed by atoms with E-state index in [0.717, 1.165) is 6.07 Å². The molecule has 0 saturated carbocycles. The summed E-state index contributed by atoms with van der Waals surface area (Å²) in [5.74, 6) is -2.91. The van der Waals surface area contributed by atoms with Crippen LogP contribution in [0.5, 0.6) is 5.75 Å². The van der Waals surface area contributed by atoms with Crippen LogP contribution in [0, 0.1) is 10.1 Å². The Labute approximate surface area is 103 Å². The minimum Gasteiger partial charge on any atom is -0.479 e. The zero-order chi connectivity index (χ0) is 14.8. The number of ether oxygens (including phenoxy) is 1. The molecule has 1 atom stereocenters. The molecule has 0 radical (unpaired) electrons. The summed E-state index contributed by atoms with van der Waals surface area (Å²) in [6.45, 7) is 0. The molecule has 104 valence electrons. The molecule has 0 aliphatic heterocycles. The van der Waals surface area contributed by atoms with Crippen molar-refractivity contribution in [3.05, 3.63) is 33.9 Å². The molecule has 0 fully saturated rings. The number of benzene rings is 1. The van der Waals surface area contributed by atoms with E-state index in [2.05, 4.69) is 4.74 Å². The van der Waals surface area contributed by atoms with Gasteiger partial charge in [0.05, 0.1) is 4.92 Å². The van der Waals surface area contributed by atoms with Crippen molar-refractivity contribution in [3.8, 4) is 5.75 Å². The van der Waals surface area contributed by atoms with Gasteiger partial charge in [-0.05, 0) is 17.7 Å². The summed E-state index contributed by atoms with van der Waals surface area (Å²) in [4.78, 5) is 19.8. The smallest absolute Gasteiger partial charge is 0.479 e. The number of hydrogen-bond acceptors (Lipinski definition) is 5. The van der Waals surface area contributed by atoms with Gasteiger partial charge in [-0.1, -0.05) is 0 Å². The van der Waals surface area contributed by atoms with Crippen LogP contribution in [0.4, 0.5) is 18.9 Å². The van der Waals surface area contributed by atoms with Crippen LogP contribution in [0.3, 0.4) is 0 Å². The van der Waals surface area contributed by atoms with E-state index in [-0.39, 0.29) is 0 Å². The quantitative estimate of drug-likeness (QED) is 0.640. The molecule has 0 spiro atoms. The van der Waals surface area contributed by atoms with E-state index < -0.39 is 40.4 Å². The van der Waals surface area contributed by atoms with E-state index in [1.165, 1.54) is 0 Å². The lowest BCUT2D eigenvalue weighted by molar-refractivity contribution is -0.388. The maximum absolute atomic E-state index is 12.1. The lowest BCUT2D eigenvalue weighted by Gasteiger charge is -2.11.